The van der Waals surface area contributed by atoms with Crippen molar-refractivity contribution in [2.24, 2.45) is 5.92 Å². The van der Waals surface area contributed by atoms with Gasteiger partial charge in [0.2, 0.25) is 5.95 Å². The van der Waals surface area contributed by atoms with Gasteiger partial charge in [0.25, 0.3) is 0 Å². The first-order valence-corrected chi connectivity index (χ1v) is 9.37. The Balaban J connectivity index is 1.61. The van der Waals surface area contributed by atoms with Crippen LogP contribution in [0.15, 0.2) is 30.3 Å². The maximum absolute atomic E-state index is 12.9. The van der Waals surface area contributed by atoms with E-state index in [2.05, 4.69) is 32.4 Å². The number of thiocarbonyl (C=S) groups is 1. The minimum Gasteiger partial charge on any atom is -0.358 e. The van der Waals surface area contributed by atoms with Crippen molar-refractivity contribution in [2.45, 2.75) is 26.3 Å². The second kappa shape index (κ2) is 8.60. The SMILES string of the molecule is CC1CCCN(c2cc(Cl)nc(NC(=S)NCc3ccc(F)cc3)n2)C1. The van der Waals surface area contributed by atoms with E-state index in [9.17, 15) is 4.39 Å². The van der Waals surface area contributed by atoms with E-state index in [1.165, 1.54) is 18.6 Å². The predicted molar refractivity (Wildman–Crippen MR) is 107 cm³/mol. The first-order valence-electron chi connectivity index (χ1n) is 8.58. The van der Waals surface area contributed by atoms with Gasteiger partial charge >= 0.3 is 0 Å². The van der Waals surface area contributed by atoms with Gasteiger partial charge in [-0.25, -0.2) is 9.37 Å². The zero-order valence-corrected chi connectivity index (χ0v) is 16.1. The first-order chi connectivity index (χ1) is 12.5. The quantitative estimate of drug-likeness (QED) is 0.605. The Kier molecular flexibility index (Phi) is 6.21. The number of nitrogens with zero attached hydrogens (tertiary/aromatic N) is 3. The molecule has 0 radical (unpaired) electrons. The summed E-state index contributed by atoms with van der Waals surface area (Å²) in [4.78, 5) is 11.0. The fraction of sp³-hybridized carbons (Fsp3) is 0.389. The summed E-state index contributed by atoms with van der Waals surface area (Å²) < 4.78 is 12.9. The van der Waals surface area contributed by atoms with Gasteiger partial charge in [-0.2, -0.15) is 4.98 Å². The third-order valence-electron chi connectivity index (χ3n) is 4.25. The van der Waals surface area contributed by atoms with Crippen molar-refractivity contribution in [3.63, 3.8) is 0 Å². The standard InChI is InChI=1S/C18H21ClFN5S/c1-12-3-2-8-25(11-12)16-9-15(19)22-17(23-16)24-18(26)21-10-13-4-6-14(20)7-5-13/h4-7,9,12H,2-3,8,10-11H2,1H3,(H2,21,22,23,24,26). The molecule has 1 aromatic heterocycles. The molecule has 0 spiro atoms. The van der Waals surface area contributed by atoms with Crippen molar-refractivity contribution in [3.05, 3.63) is 46.9 Å². The summed E-state index contributed by atoms with van der Waals surface area (Å²) in [5.74, 6) is 1.54. The number of hydrogen-bond acceptors (Lipinski definition) is 4. The van der Waals surface area contributed by atoms with Crippen LogP contribution in [-0.2, 0) is 6.54 Å². The summed E-state index contributed by atoms with van der Waals surface area (Å²) in [6, 6.07) is 8.02. The summed E-state index contributed by atoms with van der Waals surface area (Å²) >= 11 is 11.4. The Labute approximate surface area is 163 Å². The van der Waals surface area contributed by atoms with Crippen molar-refractivity contribution >= 4 is 40.7 Å². The van der Waals surface area contributed by atoms with Crippen LogP contribution in [-0.4, -0.2) is 28.2 Å². The van der Waals surface area contributed by atoms with E-state index >= 15 is 0 Å². The lowest BCUT2D eigenvalue weighted by Gasteiger charge is -2.32. The normalized spacial score (nSPS) is 17.0. The molecule has 1 saturated heterocycles. The van der Waals surface area contributed by atoms with Gasteiger partial charge in [-0.15, -0.1) is 0 Å². The van der Waals surface area contributed by atoms with Crippen LogP contribution in [0.5, 0.6) is 0 Å². The van der Waals surface area contributed by atoms with E-state index in [4.69, 9.17) is 23.8 Å². The summed E-state index contributed by atoms with van der Waals surface area (Å²) in [6.45, 7) is 4.64. The number of hydrogen-bond donors (Lipinski definition) is 2. The molecule has 0 saturated carbocycles. The highest BCUT2D eigenvalue weighted by Crippen LogP contribution is 2.24. The van der Waals surface area contributed by atoms with Gasteiger partial charge < -0.3 is 15.5 Å². The van der Waals surface area contributed by atoms with Crippen LogP contribution < -0.4 is 15.5 Å². The van der Waals surface area contributed by atoms with Gasteiger partial charge in [0.1, 0.15) is 16.8 Å². The molecule has 0 amide bonds. The summed E-state index contributed by atoms with van der Waals surface area (Å²) in [5, 5.41) is 6.78. The second-order valence-corrected chi connectivity index (χ2v) is 7.30. The summed E-state index contributed by atoms with van der Waals surface area (Å²) in [5.41, 5.74) is 0.922. The molecule has 138 valence electrons. The first kappa shape index (κ1) is 18.8. The summed E-state index contributed by atoms with van der Waals surface area (Å²) in [6.07, 6.45) is 2.38. The number of nitrogens with one attached hydrogen (secondary N) is 2. The zero-order valence-electron chi connectivity index (χ0n) is 14.5. The molecule has 1 aliphatic heterocycles. The Morgan fingerprint density at radius 2 is 2.12 bits per heavy atom. The molecule has 1 unspecified atom stereocenters. The largest absolute Gasteiger partial charge is 0.358 e. The smallest absolute Gasteiger partial charge is 0.232 e. The van der Waals surface area contributed by atoms with E-state index in [1.54, 1.807) is 18.2 Å². The van der Waals surface area contributed by atoms with Crippen LogP contribution in [0.2, 0.25) is 5.15 Å². The van der Waals surface area contributed by atoms with Gasteiger partial charge in [0, 0.05) is 25.7 Å². The third-order valence-corrected chi connectivity index (χ3v) is 4.69. The van der Waals surface area contributed by atoms with Gasteiger partial charge in [-0.3, -0.25) is 0 Å². The van der Waals surface area contributed by atoms with Crippen molar-refractivity contribution in [1.82, 2.24) is 15.3 Å². The van der Waals surface area contributed by atoms with Gasteiger partial charge in [0.05, 0.1) is 0 Å². The van der Waals surface area contributed by atoms with E-state index in [-0.39, 0.29) is 5.82 Å². The van der Waals surface area contributed by atoms with E-state index in [0.29, 0.717) is 28.7 Å². The second-order valence-electron chi connectivity index (χ2n) is 6.50. The van der Waals surface area contributed by atoms with Crippen LogP contribution in [0.3, 0.4) is 0 Å². The fourth-order valence-electron chi connectivity index (χ4n) is 2.95. The zero-order chi connectivity index (χ0) is 18.5. The number of benzene rings is 1. The number of rotatable bonds is 4. The molecule has 2 N–H and O–H groups in total. The molecule has 1 aliphatic rings. The molecule has 3 rings (SSSR count). The fourth-order valence-corrected chi connectivity index (χ4v) is 3.29. The maximum atomic E-state index is 12.9. The molecule has 1 aromatic carbocycles. The molecule has 1 fully saturated rings. The Hall–Kier alpha value is -1.99. The Morgan fingerprint density at radius 3 is 2.85 bits per heavy atom. The van der Waals surface area contributed by atoms with Crippen LogP contribution in [0.1, 0.15) is 25.3 Å². The molecule has 8 heteroatoms. The molecule has 0 bridgehead atoms. The summed E-state index contributed by atoms with van der Waals surface area (Å²) in [7, 11) is 0. The van der Waals surface area contributed by atoms with E-state index in [0.717, 1.165) is 30.9 Å². The number of halogens is 2. The number of anilines is 2. The van der Waals surface area contributed by atoms with E-state index < -0.39 is 0 Å². The lowest BCUT2D eigenvalue weighted by Crippen LogP contribution is -2.35. The van der Waals surface area contributed by atoms with Gasteiger partial charge in [-0.05, 0) is 48.7 Å². The molecule has 26 heavy (non-hydrogen) atoms. The highest BCUT2D eigenvalue weighted by molar-refractivity contribution is 7.80. The Morgan fingerprint density at radius 1 is 1.35 bits per heavy atom. The lowest BCUT2D eigenvalue weighted by atomic mass is 10.0. The molecule has 2 aromatic rings. The molecule has 2 heterocycles. The van der Waals surface area contributed by atoms with E-state index in [1.807, 2.05) is 0 Å². The van der Waals surface area contributed by atoms with Crippen LogP contribution in [0.25, 0.3) is 0 Å². The van der Waals surface area contributed by atoms with Crippen molar-refractivity contribution in [1.29, 1.82) is 0 Å². The van der Waals surface area contributed by atoms with Crippen LogP contribution in [0, 0.1) is 11.7 Å². The highest BCUT2D eigenvalue weighted by atomic mass is 35.5. The van der Waals surface area contributed by atoms with Crippen molar-refractivity contribution in [3.8, 4) is 0 Å². The average molecular weight is 394 g/mol. The van der Waals surface area contributed by atoms with Crippen LogP contribution >= 0.6 is 23.8 Å². The number of piperidine rings is 1. The number of aromatic nitrogens is 2. The highest BCUT2D eigenvalue weighted by Gasteiger charge is 2.19. The topological polar surface area (TPSA) is 53.1 Å². The molecule has 0 aliphatic carbocycles. The molecule has 1 atom stereocenters. The molecular formula is C18H21ClFN5S. The average Bonchev–Trinajstić information content (AvgIpc) is 2.61. The van der Waals surface area contributed by atoms with Crippen molar-refractivity contribution in [2.75, 3.05) is 23.3 Å². The Bertz CT molecular complexity index is 771. The minimum atomic E-state index is -0.263. The molecule has 5 nitrogen and oxygen atoms in total. The van der Waals surface area contributed by atoms with Crippen LogP contribution in [0.4, 0.5) is 16.2 Å². The van der Waals surface area contributed by atoms with Gasteiger partial charge in [-0.1, -0.05) is 30.7 Å². The van der Waals surface area contributed by atoms with Crippen molar-refractivity contribution < 1.29 is 4.39 Å². The predicted octanol–water partition coefficient (Wildman–Crippen LogP) is 3.99. The molecular weight excluding hydrogens is 373 g/mol. The maximum Gasteiger partial charge on any atom is 0.232 e. The third kappa shape index (κ3) is 5.25. The minimum absolute atomic E-state index is 0.263. The monoisotopic (exact) mass is 393 g/mol. The lowest BCUT2D eigenvalue weighted by molar-refractivity contribution is 0.444. The van der Waals surface area contributed by atoms with Gasteiger partial charge in [0.15, 0.2) is 5.11 Å².